The zero-order valence-corrected chi connectivity index (χ0v) is 11.3. The van der Waals surface area contributed by atoms with Crippen molar-refractivity contribution in [2.45, 2.75) is 19.9 Å². The summed E-state index contributed by atoms with van der Waals surface area (Å²) in [6.45, 7) is 3.95. The number of aromatic nitrogens is 1. The second-order valence-corrected chi connectivity index (χ2v) is 4.73. The molecule has 0 saturated heterocycles. The molecular formula is C14H18N4O. The maximum atomic E-state index is 12.5. The summed E-state index contributed by atoms with van der Waals surface area (Å²) >= 11 is 0. The SMILES string of the molecule is CC(C)N(C)C(=O)c1cc(NN)nc2ccccc12. The lowest BCUT2D eigenvalue weighted by Gasteiger charge is -2.22. The van der Waals surface area contributed by atoms with Gasteiger partial charge in [-0.15, -0.1) is 0 Å². The highest BCUT2D eigenvalue weighted by molar-refractivity contribution is 6.06. The number of hydrogen-bond donors (Lipinski definition) is 2. The quantitative estimate of drug-likeness (QED) is 0.652. The molecule has 5 nitrogen and oxygen atoms in total. The average Bonchev–Trinajstić information content (AvgIpc) is 2.44. The number of hydrogen-bond acceptors (Lipinski definition) is 4. The van der Waals surface area contributed by atoms with Gasteiger partial charge in [0.05, 0.1) is 11.1 Å². The van der Waals surface area contributed by atoms with Crippen LogP contribution in [0.3, 0.4) is 0 Å². The van der Waals surface area contributed by atoms with Crippen molar-refractivity contribution in [3.05, 3.63) is 35.9 Å². The number of nitrogens with one attached hydrogen (secondary N) is 1. The Morgan fingerprint density at radius 1 is 1.37 bits per heavy atom. The minimum absolute atomic E-state index is 0.0369. The predicted octanol–water partition coefficient (Wildman–Crippen LogP) is 2.00. The van der Waals surface area contributed by atoms with Gasteiger partial charge >= 0.3 is 0 Å². The topological polar surface area (TPSA) is 71.2 Å². The third kappa shape index (κ3) is 2.51. The Morgan fingerprint density at radius 3 is 2.68 bits per heavy atom. The largest absolute Gasteiger partial charge is 0.339 e. The molecule has 1 heterocycles. The predicted molar refractivity (Wildman–Crippen MR) is 76.8 cm³/mol. The van der Waals surface area contributed by atoms with Gasteiger partial charge < -0.3 is 10.3 Å². The lowest BCUT2D eigenvalue weighted by atomic mass is 10.1. The van der Waals surface area contributed by atoms with E-state index in [0.717, 1.165) is 10.9 Å². The summed E-state index contributed by atoms with van der Waals surface area (Å²) in [7, 11) is 1.79. The fraction of sp³-hybridized carbons (Fsp3) is 0.286. The smallest absolute Gasteiger partial charge is 0.254 e. The van der Waals surface area contributed by atoms with E-state index >= 15 is 0 Å². The van der Waals surface area contributed by atoms with Crippen LogP contribution in [0, 0.1) is 0 Å². The van der Waals surface area contributed by atoms with Crippen LogP contribution < -0.4 is 11.3 Å². The van der Waals surface area contributed by atoms with Crippen LogP contribution in [0.15, 0.2) is 30.3 Å². The zero-order chi connectivity index (χ0) is 14.0. The number of pyridine rings is 1. The van der Waals surface area contributed by atoms with Crippen LogP contribution in [0.1, 0.15) is 24.2 Å². The van der Waals surface area contributed by atoms with Gasteiger partial charge in [-0.25, -0.2) is 10.8 Å². The van der Waals surface area contributed by atoms with E-state index < -0.39 is 0 Å². The molecule has 1 amide bonds. The van der Waals surface area contributed by atoms with Crippen molar-refractivity contribution in [3.8, 4) is 0 Å². The van der Waals surface area contributed by atoms with Gasteiger partial charge in [-0.3, -0.25) is 4.79 Å². The molecule has 0 radical (unpaired) electrons. The van der Waals surface area contributed by atoms with E-state index in [-0.39, 0.29) is 11.9 Å². The van der Waals surface area contributed by atoms with Gasteiger partial charge in [-0.1, -0.05) is 18.2 Å². The van der Waals surface area contributed by atoms with Crippen LogP contribution >= 0.6 is 0 Å². The highest BCUT2D eigenvalue weighted by Crippen LogP contribution is 2.22. The molecule has 0 saturated carbocycles. The molecule has 2 aromatic rings. The van der Waals surface area contributed by atoms with Gasteiger partial charge in [0.1, 0.15) is 5.82 Å². The Balaban J connectivity index is 2.61. The molecule has 0 unspecified atom stereocenters. The van der Waals surface area contributed by atoms with E-state index in [2.05, 4.69) is 10.4 Å². The number of para-hydroxylation sites is 1. The fourth-order valence-electron chi connectivity index (χ4n) is 1.85. The number of rotatable bonds is 3. The second kappa shape index (κ2) is 5.24. The Hall–Kier alpha value is -2.14. The molecular weight excluding hydrogens is 240 g/mol. The maximum absolute atomic E-state index is 12.5. The summed E-state index contributed by atoms with van der Waals surface area (Å²) in [5, 5.41) is 0.832. The Kier molecular flexibility index (Phi) is 3.66. The van der Waals surface area contributed by atoms with E-state index in [0.29, 0.717) is 11.4 Å². The molecule has 1 aromatic carbocycles. The van der Waals surface area contributed by atoms with Crippen molar-refractivity contribution in [1.82, 2.24) is 9.88 Å². The van der Waals surface area contributed by atoms with E-state index in [1.807, 2.05) is 38.1 Å². The number of anilines is 1. The lowest BCUT2D eigenvalue weighted by molar-refractivity contribution is 0.0757. The molecule has 0 aliphatic heterocycles. The third-order valence-corrected chi connectivity index (χ3v) is 3.19. The van der Waals surface area contributed by atoms with Crippen molar-refractivity contribution in [3.63, 3.8) is 0 Å². The number of hydrazine groups is 1. The molecule has 2 rings (SSSR count). The van der Waals surface area contributed by atoms with Crippen molar-refractivity contribution in [1.29, 1.82) is 0 Å². The Morgan fingerprint density at radius 2 is 2.05 bits per heavy atom. The highest BCUT2D eigenvalue weighted by atomic mass is 16.2. The summed E-state index contributed by atoms with van der Waals surface area (Å²) in [6, 6.07) is 9.35. The molecule has 100 valence electrons. The molecule has 0 fully saturated rings. The van der Waals surface area contributed by atoms with Gasteiger partial charge in [0, 0.05) is 18.5 Å². The molecule has 1 aromatic heterocycles. The summed E-state index contributed by atoms with van der Waals surface area (Å²) in [5.41, 5.74) is 3.86. The van der Waals surface area contributed by atoms with Gasteiger partial charge in [0.15, 0.2) is 0 Å². The second-order valence-electron chi connectivity index (χ2n) is 4.73. The zero-order valence-electron chi connectivity index (χ0n) is 11.3. The first-order valence-corrected chi connectivity index (χ1v) is 6.18. The third-order valence-electron chi connectivity index (χ3n) is 3.19. The van der Waals surface area contributed by atoms with Crippen LogP contribution in [0.5, 0.6) is 0 Å². The molecule has 3 N–H and O–H groups in total. The fourth-order valence-corrected chi connectivity index (χ4v) is 1.85. The molecule has 0 spiro atoms. The molecule has 0 aliphatic rings. The monoisotopic (exact) mass is 258 g/mol. The maximum Gasteiger partial charge on any atom is 0.254 e. The average molecular weight is 258 g/mol. The first-order valence-electron chi connectivity index (χ1n) is 6.18. The van der Waals surface area contributed by atoms with Crippen LogP contribution in [0.4, 0.5) is 5.82 Å². The number of nitrogens with two attached hydrogens (primary N) is 1. The summed E-state index contributed by atoms with van der Waals surface area (Å²) in [6.07, 6.45) is 0. The van der Waals surface area contributed by atoms with E-state index in [1.54, 1.807) is 18.0 Å². The normalized spacial score (nSPS) is 10.8. The van der Waals surface area contributed by atoms with Crippen LogP contribution in [0.25, 0.3) is 10.9 Å². The van der Waals surface area contributed by atoms with Crippen LogP contribution in [-0.4, -0.2) is 28.9 Å². The molecule has 0 atom stereocenters. The van der Waals surface area contributed by atoms with E-state index in [4.69, 9.17) is 5.84 Å². The number of nitrogens with zero attached hydrogens (tertiary/aromatic N) is 2. The highest BCUT2D eigenvalue weighted by Gasteiger charge is 2.18. The first kappa shape index (κ1) is 13.3. The summed E-state index contributed by atoms with van der Waals surface area (Å²) < 4.78 is 0. The molecule has 0 aliphatic carbocycles. The number of fused-ring (bicyclic) bond motifs is 1. The molecule has 0 bridgehead atoms. The lowest BCUT2D eigenvalue weighted by Crippen LogP contribution is -2.33. The minimum atomic E-state index is -0.0369. The molecule has 5 heteroatoms. The Bertz CT molecular complexity index is 609. The summed E-state index contributed by atoms with van der Waals surface area (Å²) in [4.78, 5) is 18.5. The first-order chi connectivity index (χ1) is 9.04. The Labute approximate surface area is 112 Å². The van der Waals surface area contributed by atoms with Gasteiger partial charge in [0.2, 0.25) is 0 Å². The van der Waals surface area contributed by atoms with Crippen molar-refractivity contribution in [2.75, 3.05) is 12.5 Å². The number of benzene rings is 1. The number of amides is 1. The van der Waals surface area contributed by atoms with Gasteiger partial charge in [-0.2, -0.15) is 0 Å². The van der Waals surface area contributed by atoms with Gasteiger partial charge in [0.25, 0.3) is 5.91 Å². The molecule has 19 heavy (non-hydrogen) atoms. The summed E-state index contributed by atoms with van der Waals surface area (Å²) in [5.74, 6) is 5.86. The van der Waals surface area contributed by atoms with Crippen molar-refractivity contribution in [2.24, 2.45) is 5.84 Å². The van der Waals surface area contributed by atoms with E-state index in [1.165, 1.54) is 0 Å². The number of nitrogen functional groups attached to an aromatic ring is 1. The van der Waals surface area contributed by atoms with E-state index in [9.17, 15) is 4.79 Å². The van der Waals surface area contributed by atoms with Crippen LogP contribution in [-0.2, 0) is 0 Å². The standard InChI is InChI=1S/C14H18N4O/c1-9(2)18(3)14(19)11-8-13(17-15)16-12-7-5-4-6-10(11)12/h4-9H,15H2,1-3H3,(H,16,17). The number of carbonyl (C=O) groups excluding carboxylic acids is 1. The van der Waals surface area contributed by atoms with Crippen LogP contribution in [0.2, 0.25) is 0 Å². The number of carbonyl (C=O) groups is 1. The minimum Gasteiger partial charge on any atom is -0.339 e. The van der Waals surface area contributed by atoms with Gasteiger partial charge in [-0.05, 0) is 26.0 Å². The van der Waals surface area contributed by atoms with Crippen molar-refractivity contribution < 1.29 is 4.79 Å². The van der Waals surface area contributed by atoms with Crippen molar-refractivity contribution >= 4 is 22.6 Å².